The second kappa shape index (κ2) is 11.3. The van der Waals surface area contributed by atoms with Crippen LogP contribution in [0.15, 0.2) is 66.7 Å². The first-order valence-electron chi connectivity index (χ1n) is 10.1. The predicted octanol–water partition coefficient (Wildman–Crippen LogP) is 3.99. The van der Waals surface area contributed by atoms with Gasteiger partial charge < -0.3 is 24.3 Å². The summed E-state index contributed by atoms with van der Waals surface area (Å²) >= 11 is 0. The molecule has 0 heterocycles. The number of nitrogens with zero attached hydrogens (tertiary/aromatic N) is 1. The Bertz CT molecular complexity index is 1180. The van der Waals surface area contributed by atoms with Crippen LogP contribution in [0.25, 0.3) is 0 Å². The van der Waals surface area contributed by atoms with Gasteiger partial charge in [-0.1, -0.05) is 12.1 Å². The summed E-state index contributed by atoms with van der Waals surface area (Å²) in [4.78, 5) is 34.9. The molecule has 34 heavy (non-hydrogen) atoms. The number of para-hydroxylation sites is 2. The number of hydrogen-bond acceptors (Lipinski definition) is 8. The molecule has 0 fully saturated rings. The van der Waals surface area contributed by atoms with Gasteiger partial charge in [0, 0.05) is 12.1 Å². The van der Waals surface area contributed by atoms with Crippen LogP contribution >= 0.6 is 0 Å². The van der Waals surface area contributed by atoms with Crippen molar-refractivity contribution in [2.24, 2.45) is 0 Å². The number of methoxy groups -OCH3 is 2. The number of ether oxygens (including phenoxy) is 4. The number of amides is 1. The van der Waals surface area contributed by atoms with Crippen molar-refractivity contribution in [3.05, 3.63) is 88.0 Å². The number of carbonyl (C=O) groups excluding carboxylic acids is 2. The average Bonchev–Trinajstić information content (AvgIpc) is 2.86. The molecule has 0 aliphatic carbocycles. The van der Waals surface area contributed by atoms with Gasteiger partial charge >= 0.3 is 5.97 Å². The highest BCUT2D eigenvalue weighted by atomic mass is 16.6. The van der Waals surface area contributed by atoms with E-state index in [0.717, 1.165) is 0 Å². The maximum Gasteiger partial charge on any atom is 0.338 e. The highest BCUT2D eigenvalue weighted by Crippen LogP contribution is 2.29. The first-order chi connectivity index (χ1) is 16.4. The topological polar surface area (TPSA) is 126 Å². The highest BCUT2D eigenvalue weighted by molar-refractivity contribution is 5.93. The van der Waals surface area contributed by atoms with Crippen molar-refractivity contribution >= 4 is 23.3 Å². The third kappa shape index (κ3) is 6.22. The molecule has 0 bridgehead atoms. The summed E-state index contributed by atoms with van der Waals surface area (Å²) in [5.74, 6) is 0.0137. The van der Waals surface area contributed by atoms with Crippen LogP contribution in [0.4, 0.5) is 11.4 Å². The van der Waals surface area contributed by atoms with Crippen LogP contribution in [-0.2, 0) is 16.1 Å². The minimum atomic E-state index is -0.614. The van der Waals surface area contributed by atoms with Crippen LogP contribution in [0.5, 0.6) is 17.2 Å². The van der Waals surface area contributed by atoms with E-state index in [9.17, 15) is 19.7 Å². The van der Waals surface area contributed by atoms with Gasteiger partial charge in [0.05, 0.1) is 30.4 Å². The van der Waals surface area contributed by atoms with Crippen molar-refractivity contribution in [1.82, 2.24) is 0 Å². The van der Waals surface area contributed by atoms with Crippen LogP contribution in [0.3, 0.4) is 0 Å². The Hall–Kier alpha value is -4.60. The second-order valence-electron chi connectivity index (χ2n) is 6.90. The minimum absolute atomic E-state index is 0.0491. The van der Waals surface area contributed by atoms with Crippen molar-refractivity contribution in [2.75, 3.05) is 26.1 Å². The molecule has 10 nitrogen and oxygen atoms in total. The monoisotopic (exact) mass is 466 g/mol. The van der Waals surface area contributed by atoms with E-state index < -0.39 is 16.8 Å². The van der Waals surface area contributed by atoms with E-state index in [2.05, 4.69) is 5.32 Å². The van der Waals surface area contributed by atoms with Crippen molar-refractivity contribution in [2.45, 2.75) is 6.61 Å². The molecule has 1 amide bonds. The standard InChI is InChI=1S/C24H22N2O8/c1-31-20-6-4-3-5-19(20)25-23(27)15-33-21-12-9-17(13-22(21)32-2)24(28)34-14-16-7-10-18(11-8-16)26(29)30/h3-13H,14-15H2,1-2H3,(H,25,27). The molecule has 0 unspecified atom stereocenters. The zero-order valence-electron chi connectivity index (χ0n) is 18.5. The van der Waals surface area contributed by atoms with E-state index in [4.69, 9.17) is 18.9 Å². The van der Waals surface area contributed by atoms with E-state index in [-0.39, 0.29) is 36.0 Å². The Balaban J connectivity index is 1.58. The summed E-state index contributed by atoms with van der Waals surface area (Å²) in [7, 11) is 2.91. The van der Waals surface area contributed by atoms with E-state index >= 15 is 0 Å². The fraction of sp³-hybridized carbons (Fsp3) is 0.167. The lowest BCUT2D eigenvalue weighted by atomic mass is 10.2. The van der Waals surface area contributed by atoms with Gasteiger partial charge in [-0.3, -0.25) is 14.9 Å². The number of hydrogen-bond donors (Lipinski definition) is 1. The SMILES string of the molecule is COc1ccccc1NC(=O)COc1ccc(C(=O)OCc2ccc([N+](=O)[O-])cc2)cc1OC. The molecule has 0 atom stereocenters. The number of nitro groups is 1. The van der Waals surface area contributed by atoms with E-state index in [0.29, 0.717) is 17.0 Å². The largest absolute Gasteiger partial charge is 0.495 e. The Morgan fingerprint density at radius 1 is 0.912 bits per heavy atom. The van der Waals surface area contributed by atoms with Crippen molar-refractivity contribution in [3.63, 3.8) is 0 Å². The number of esters is 1. The van der Waals surface area contributed by atoms with Crippen molar-refractivity contribution in [3.8, 4) is 17.2 Å². The number of carbonyl (C=O) groups is 2. The van der Waals surface area contributed by atoms with E-state index in [1.54, 1.807) is 24.3 Å². The molecule has 0 saturated carbocycles. The van der Waals surface area contributed by atoms with Crippen molar-refractivity contribution in [1.29, 1.82) is 0 Å². The number of anilines is 1. The Kier molecular flexibility index (Phi) is 8.01. The second-order valence-corrected chi connectivity index (χ2v) is 6.90. The number of rotatable bonds is 10. The van der Waals surface area contributed by atoms with Gasteiger partial charge in [0.15, 0.2) is 18.1 Å². The minimum Gasteiger partial charge on any atom is -0.495 e. The summed E-state index contributed by atoms with van der Waals surface area (Å²) in [6.45, 7) is -0.348. The lowest BCUT2D eigenvalue weighted by Gasteiger charge is -2.13. The molecule has 0 radical (unpaired) electrons. The quantitative estimate of drug-likeness (QED) is 0.270. The summed E-state index contributed by atoms with van der Waals surface area (Å²) in [5, 5.41) is 13.4. The van der Waals surface area contributed by atoms with Gasteiger partial charge in [-0.2, -0.15) is 0 Å². The first kappa shape index (κ1) is 24.1. The zero-order chi connectivity index (χ0) is 24.5. The zero-order valence-corrected chi connectivity index (χ0v) is 18.5. The molecule has 0 aromatic heterocycles. The summed E-state index contributed by atoms with van der Waals surface area (Å²) in [6.07, 6.45) is 0. The lowest BCUT2D eigenvalue weighted by Crippen LogP contribution is -2.20. The van der Waals surface area contributed by atoms with E-state index in [1.807, 2.05) is 0 Å². The fourth-order valence-electron chi connectivity index (χ4n) is 2.94. The van der Waals surface area contributed by atoms with E-state index in [1.165, 1.54) is 56.7 Å². The molecule has 0 spiro atoms. The smallest absolute Gasteiger partial charge is 0.338 e. The van der Waals surface area contributed by atoms with Gasteiger partial charge in [-0.05, 0) is 48.0 Å². The molecule has 176 valence electrons. The number of non-ortho nitro benzene ring substituents is 1. The summed E-state index contributed by atoms with van der Waals surface area (Å²) in [6, 6.07) is 17.1. The van der Waals surface area contributed by atoms with Crippen LogP contribution in [0.2, 0.25) is 0 Å². The van der Waals surface area contributed by atoms with Gasteiger partial charge in [0.2, 0.25) is 0 Å². The van der Waals surface area contributed by atoms with Gasteiger partial charge in [-0.15, -0.1) is 0 Å². The third-order valence-electron chi connectivity index (χ3n) is 4.66. The van der Waals surface area contributed by atoms with Gasteiger partial charge in [0.25, 0.3) is 11.6 Å². The molecular weight excluding hydrogens is 444 g/mol. The van der Waals surface area contributed by atoms with Crippen molar-refractivity contribution < 1.29 is 33.5 Å². The molecule has 3 aromatic rings. The molecule has 10 heteroatoms. The summed E-state index contributed by atoms with van der Waals surface area (Å²) < 4.78 is 21.3. The van der Waals surface area contributed by atoms with Gasteiger partial charge in [0.1, 0.15) is 12.4 Å². The Morgan fingerprint density at radius 3 is 2.29 bits per heavy atom. The molecule has 0 saturated heterocycles. The molecule has 3 aromatic carbocycles. The van der Waals surface area contributed by atoms with Crippen LogP contribution in [0.1, 0.15) is 15.9 Å². The molecular formula is C24H22N2O8. The first-order valence-corrected chi connectivity index (χ1v) is 10.1. The average molecular weight is 466 g/mol. The fourth-order valence-corrected chi connectivity index (χ4v) is 2.94. The van der Waals surface area contributed by atoms with Crippen LogP contribution in [0, 0.1) is 10.1 Å². The number of benzene rings is 3. The Morgan fingerprint density at radius 2 is 1.62 bits per heavy atom. The summed E-state index contributed by atoms with van der Waals surface area (Å²) in [5.41, 5.74) is 1.28. The Labute approximate surface area is 195 Å². The molecule has 0 aliphatic heterocycles. The maximum absolute atomic E-state index is 12.4. The number of nitro benzene ring substituents is 1. The highest BCUT2D eigenvalue weighted by Gasteiger charge is 2.15. The predicted molar refractivity (Wildman–Crippen MR) is 122 cm³/mol. The normalized spacial score (nSPS) is 10.2. The van der Waals surface area contributed by atoms with Gasteiger partial charge in [-0.25, -0.2) is 4.79 Å². The lowest BCUT2D eigenvalue weighted by molar-refractivity contribution is -0.384. The third-order valence-corrected chi connectivity index (χ3v) is 4.66. The number of nitrogens with one attached hydrogen (secondary N) is 1. The molecule has 0 aliphatic rings. The van der Waals surface area contributed by atoms with Crippen LogP contribution < -0.4 is 19.5 Å². The molecule has 1 N–H and O–H groups in total. The molecule has 3 rings (SSSR count). The van der Waals surface area contributed by atoms with Crippen LogP contribution in [-0.4, -0.2) is 37.6 Å². The maximum atomic E-state index is 12.4.